The van der Waals surface area contributed by atoms with Crippen molar-refractivity contribution in [2.45, 2.75) is 26.2 Å². The Morgan fingerprint density at radius 3 is 2.76 bits per heavy atom. The van der Waals surface area contributed by atoms with E-state index in [1.54, 1.807) is 0 Å². The fourth-order valence-corrected chi connectivity index (χ4v) is 2.76. The number of benzene rings is 1. The first-order valence-electron chi connectivity index (χ1n) is 6.27. The maximum atomic E-state index is 12.4. The summed E-state index contributed by atoms with van der Waals surface area (Å²) in [5.41, 5.74) is 3.34. The molecule has 88 valence electrons. The first kappa shape index (κ1) is 10.6. The van der Waals surface area contributed by atoms with Gasteiger partial charge in [-0.1, -0.05) is 24.6 Å². The molecule has 2 heteroatoms. The van der Waals surface area contributed by atoms with Crippen LogP contribution < -0.4 is 0 Å². The highest BCUT2D eigenvalue weighted by Crippen LogP contribution is 2.33. The van der Waals surface area contributed by atoms with Gasteiger partial charge in [-0.15, -0.1) is 0 Å². The molecule has 0 unspecified atom stereocenters. The van der Waals surface area contributed by atoms with Crippen molar-refractivity contribution < 1.29 is 4.79 Å². The van der Waals surface area contributed by atoms with Crippen LogP contribution in [-0.4, -0.2) is 10.4 Å². The molecular formula is C15H17NO. The number of aryl methyl sites for hydroxylation is 2. The third-order valence-electron chi connectivity index (χ3n) is 3.94. The highest BCUT2D eigenvalue weighted by Gasteiger charge is 2.28. The number of fused-ring (bicyclic) bond motifs is 1. The lowest BCUT2D eigenvalue weighted by atomic mass is 9.80. The summed E-state index contributed by atoms with van der Waals surface area (Å²) in [6.07, 6.45) is 5.35. The minimum Gasteiger partial charge on any atom is -0.350 e. The average Bonchev–Trinajstić information content (AvgIpc) is 2.55. The van der Waals surface area contributed by atoms with E-state index in [4.69, 9.17) is 0 Å². The van der Waals surface area contributed by atoms with Gasteiger partial charge in [0.05, 0.1) is 5.52 Å². The van der Waals surface area contributed by atoms with Gasteiger partial charge in [0.1, 0.15) is 0 Å². The number of Topliss-reactive ketones (excluding diaryl/α,β-unsaturated/α-hetero) is 1. The Morgan fingerprint density at radius 2 is 2.12 bits per heavy atom. The first-order valence-corrected chi connectivity index (χ1v) is 6.27. The Labute approximate surface area is 101 Å². The second-order valence-electron chi connectivity index (χ2n) is 5.12. The second-order valence-corrected chi connectivity index (χ2v) is 5.12. The van der Waals surface area contributed by atoms with Crippen LogP contribution in [0.15, 0.2) is 24.4 Å². The van der Waals surface area contributed by atoms with Crippen molar-refractivity contribution in [2.75, 3.05) is 0 Å². The molecule has 2 aromatic rings. The molecule has 0 atom stereocenters. The summed E-state index contributed by atoms with van der Waals surface area (Å²) in [5.74, 6) is 0.619. The van der Waals surface area contributed by atoms with Gasteiger partial charge in [0.2, 0.25) is 0 Å². The minimum atomic E-state index is 0.279. The van der Waals surface area contributed by atoms with E-state index in [9.17, 15) is 4.79 Å². The van der Waals surface area contributed by atoms with Gasteiger partial charge in [-0.25, -0.2) is 0 Å². The van der Waals surface area contributed by atoms with Crippen LogP contribution in [0, 0.1) is 12.8 Å². The second kappa shape index (κ2) is 3.73. The van der Waals surface area contributed by atoms with E-state index in [0.29, 0.717) is 5.78 Å². The van der Waals surface area contributed by atoms with Crippen LogP contribution in [0.3, 0.4) is 0 Å². The zero-order valence-corrected chi connectivity index (χ0v) is 10.4. The van der Waals surface area contributed by atoms with Gasteiger partial charge >= 0.3 is 0 Å². The number of aromatic nitrogens is 1. The molecule has 0 spiro atoms. The predicted octanol–water partition coefficient (Wildman–Crippen LogP) is 3.47. The zero-order chi connectivity index (χ0) is 12.0. The van der Waals surface area contributed by atoms with E-state index < -0.39 is 0 Å². The van der Waals surface area contributed by atoms with Crippen molar-refractivity contribution in [3.8, 4) is 0 Å². The Kier molecular flexibility index (Phi) is 2.32. The van der Waals surface area contributed by atoms with Crippen LogP contribution in [0.2, 0.25) is 0 Å². The monoisotopic (exact) mass is 227 g/mol. The average molecular weight is 227 g/mol. The quantitative estimate of drug-likeness (QED) is 0.720. The van der Waals surface area contributed by atoms with E-state index >= 15 is 0 Å². The molecule has 2 nitrogen and oxygen atoms in total. The predicted molar refractivity (Wildman–Crippen MR) is 69.3 cm³/mol. The SMILES string of the molecule is Cc1cccc2c(C(=O)C3CCC3)cn(C)c12. The molecule has 0 saturated heterocycles. The van der Waals surface area contributed by atoms with Crippen molar-refractivity contribution in [3.63, 3.8) is 0 Å². The van der Waals surface area contributed by atoms with Gasteiger partial charge in [-0.05, 0) is 25.3 Å². The smallest absolute Gasteiger partial charge is 0.168 e. The number of para-hydroxylation sites is 1. The summed E-state index contributed by atoms with van der Waals surface area (Å²) in [6, 6.07) is 6.20. The maximum Gasteiger partial charge on any atom is 0.168 e. The van der Waals surface area contributed by atoms with Gasteiger partial charge in [-0.3, -0.25) is 4.79 Å². The molecule has 1 heterocycles. The molecule has 0 radical (unpaired) electrons. The van der Waals surface area contributed by atoms with Gasteiger partial charge in [-0.2, -0.15) is 0 Å². The molecule has 0 aliphatic heterocycles. The number of rotatable bonds is 2. The highest BCUT2D eigenvalue weighted by molar-refractivity contribution is 6.09. The molecule has 1 aromatic heterocycles. The summed E-state index contributed by atoms with van der Waals surface area (Å²) < 4.78 is 2.08. The molecule has 1 fully saturated rings. The fourth-order valence-electron chi connectivity index (χ4n) is 2.76. The Morgan fingerprint density at radius 1 is 1.35 bits per heavy atom. The molecule has 0 bridgehead atoms. The molecule has 1 saturated carbocycles. The van der Waals surface area contributed by atoms with Crippen LogP contribution >= 0.6 is 0 Å². The lowest BCUT2D eigenvalue weighted by Gasteiger charge is -2.23. The Bertz CT molecular complexity index is 590. The van der Waals surface area contributed by atoms with Gasteiger partial charge in [0.25, 0.3) is 0 Å². The van der Waals surface area contributed by atoms with Crippen LogP contribution in [-0.2, 0) is 7.05 Å². The number of ketones is 1. The van der Waals surface area contributed by atoms with E-state index in [-0.39, 0.29) is 5.92 Å². The summed E-state index contributed by atoms with van der Waals surface area (Å²) in [7, 11) is 2.02. The van der Waals surface area contributed by atoms with Crippen LogP contribution in [0.25, 0.3) is 10.9 Å². The number of carbonyl (C=O) groups excluding carboxylic acids is 1. The highest BCUT2D eigenvalue weighted by atomic mass is 16.1. The third kappa shape index (κ3) is 1.51. The third-order valence-corrected chi connectivity index (χ3v) is 3.94. The zero-order valence-electron chi connectivity index (χ0n) is 10.4. The standard InChI is InChI=1S/C15H17NO/c1-10-5-3-8-12-13(9-16(2)14(10)12)15(17)11-6-4-7-11/h3,5,8-9,11H,4,6-7H2,1-2H3. The number of hydrogen-bond acceptors (Lipinski definition) is 1. The minimum absolute atomic E-state index is 0.279. The van der Waals surface area contributed by atoms with Crippen molar-refractivity contribution >= 4 is 16.7 Å². The molecular weight excluding hydrogens is 210 g/mol. The van der Waals surface area contributed by atoms with Crippen molar-refractivity contribution in [2.24, 2.45) is 13.0 Å². The maximum absolute atomic E-state index is 12.4. The molecule has 1 aliphatic carbocycles. The lowest BCUT2D eigenvalue weighted by molar-refractivity contribution is 0.0857. The molecule has 1 aromatic carbocycles. The van der Waals surface area contributed by atoms with E-state index in [1.165, 1.54) is 17.5 Å². The summed E-state index contributed by atoms with van der Waals surface area (Å²) >= 11 is 0. The number of carbonyl (C=O) groups is 1. The topological polar surface area (TPSA) is 22.0 Å². The summed E-state index contributed by atoms with van der Waals surface area (Å²) in [4.78, 5) is 12.4. The van der Waals surface area contributed by atoms with Gasteiger partial charge in [0, 0.05) is 30.1 Å². The van der Waals surface area contributed by atoms with Crippen molar-refractivity contribution in [1.82, 2.24) is 4.57 Å². The summed E-state index contributed by atoms with van der Waals surface area (Å²) in [6.45, 7) is 2.10. The van der Waals surface area contributed by atoms with E-state index in [1.807, 2.05) is 19.3 Å². The normalized spacial score (nSPS) is 16.1. The van der Waals surface area contributed by atoms with Crippen LogP contribution in [0.4, 0.5) is 0 Å². The largest absolute Gasteiger partial charge is 0.350 e. The Balaban J connectivity index is 2.17. The van der Waals surface area contributed by atoms with E-state index in [2.05, 4.69) is 23.6 Å². The number of hydrogen-bond donors (Lipinski definition) is 0. The summed E-state index contributed by atoms with van der Waals surface area (Å²) in [5, 5.41) is 1.12. The number of nitrogens with zero attached hydrogens (tertiary/aromatic N) is 1. The van der Waals surface area contributed by atoms with Crippen LogP contribution in [0.1, 0.15) is 35.2 Å². The molecule has 0 N–H and O–H groups in total. The first-order chi connectivity index (χ1) is 8.18. The Hall–Kier alpha value is -1.57. The molecule has 0 amide bonds. The lowest BCUT2D eigenvalue weighted by Crippen LogP contribution is -2.21. The molecule has 17 heavy (non-hydrogen) atoms. The van der Waals surface area contributed by atoms with E-state index in [0.717, 1.165) is 23.8 Å². The van der Waals surface area contributed by atoms with Crippen molar-refractivity contribution in [1.29, 1.82) is 0 Å². The van der Waals surface area contributed by atoms with Gasteiger partial charge in [0.15, 0.2) is 5.78 Å². The fraction of sp³-hybridized carbons (Fsp3) is 0.400. The van der Waals surface area contributed by atoms with Crippen molar-refractivity contribution in [3.05, 3.63) is 35.5 Å². The molecule has 1 aliphatic rings. The molecule has 3 rings (SSSR count). The van der Waals surface area contributed by atoms with Gasteiger partial charge < -0.3 is 4.57 Å². The van der Waals surface area contributed by atoms with Crippen LogP contribution in [0.5, 0.6) is 0 Å².